The van der Waals surface area contributed by atoms with Crippen LogP contribution < -0.4 is 5.73 Å². The van der Waals surface area contributed by atoms with E-state index in [2.05, 4.69) is 20.8 Å². The molecule has 1 aromatic rings. The summed E-state index contributed by atoms with van der Waals surface area (Å²) >= 11 is 0. The fourth-order valence-corrected chi connectivity index (χ4v) is 3.35. The lowest BCUT2D eigenvalue weighted by Gasteiger charge is -2.33. The van der Waals surface area contributed by atoms with E-state index in [1.165, 1.54) is 23.3 Å². The molecule has 2 N–H and O–H groups in total. The van der Waals surface area contributed by atoms with E-state index in [9.17, 15) is 13.6 Å². The monoisotopic (exact) mass is 345 g/mol. The van der Waals surface area contributed by atoms with Crippen LogP contribution in [0.2, 0.25) is 0 Å². The molecule has 0 heterocycles. The number of rotatable bonds is 4. The molecule has 1 aromatic carbocycles. The van der Waals surface area contributed by atoms with Crippen molar-refractivity contribution >= 4 is 11.7 Å². The molecule has 0 spiro atoms. The summed E-state index contributed by atoms with van der Waals surface area (Å²) in [6.07, 6.45) is 6.95. The third kappa shape index (κ3) is 4.25. The van der Waals surface area contributed by atoms with E-state index < -0.39 is 17.6 Å². The van der Waals surface area contributed by atoms with Gasteiger partial charge in [-0.3, -0.25) is 4.79 Å². The van der Waals surface area contributed by atoms with Crippen molar-refractivity contribution in [3.8, 4) is 0 Å². The van der Waals surface area contributed by atoms with Crippen LogP contribution in [0.1, 0.15) is 62.9 Å². The first-order valence-electron chi connectivity index (χ1n) is 8.48. The summed E-state index contributed by atoms with van der Waals surface area (Å²) in [5, 5.41) is 0. The Bertz CT molecular complexity index is 785. The van der Waals surface area contributed by atoms with Crippen LogP contribution in [0.5, 0.6) is 0 Å². The fraction of sp³-hybridized carbons (Fsp3) is 0.381. The molecule has 1 aliphatic rings. The average Bonchev–Trinajstić information content (AvgIpc) is 2.52. The molecule has 0 bridgehead atoms. The molecule has 0 saturated heterocycles. The van der Waals surface area contributed by atoms with Gasteiger partial charge in [-0.15, -0.1) is 0 Å². The number of carbonyl (C=O) groups excluding carboxylic acids is 1. The molecule has 0 aromatic heterocycles. The number of carbonyl (C=O) groups is 1. The summed E-state index contributed by atoms with van der Waals surface area (Å²) in [6.45, 7) is 8.09. The van der Waals surface area contributed by atoms with Gasteiger partial charge in [0.05, 0.1) is 0 Å². The molecule has 0 aliphatic heterocycles. The molecule has 0 fully saturated rings. The maximum atomic E-state index is 14.6. The SMILES string of the molecule is CC1=C(/C=C/C(C)=C(\F)c2ccc(C(N)=O)cc2F)C(C)(C)CCC1. The number of nitrogens with two attached hydrogens (primary N) is 1. The molecule has 1 aliphatic carbocycles. The van der Waals surface area contributed by atoms with Crippen molar-refractivity contribution in [3.05, 3.63) is 64.0 Å². The van der Waals surface area contributed by atoms with Crippen LogP contribution >= 0.6 is 0 Å². The first-order chi connectivity index (χ1) is 11.6. The molecule has 0 radical (unpaired) electrons. The predicted molar refractivity (Wildman–Crippen MR) is 98.1 cm³/mol. The fourth-order valence-electron chi connectivity index (χ4n) is 3.35. The minimum atomic E-state index is -0.796. The Balaban J connectivity index is 2.35. The topological polar surface area (TPSA) is 43.1 Å². The van der Waals surface area contributed by atoms with Crippen LogP contribution in [0.15, 0.2) is 47.1 Å². The first-order valence-corrected chi connectivity index (χ1v) is 8.48. The summed E-state index contributed by atoms with van der Waals surface area (Å²) in [5.41, 5.74) is 7.90. The van der Waals surface area contributed by atoms with Crippen molar-refractivity contribution in [1.82, 2.24) is 0 Å². The van der Waals surface area contributed by atoms with E-state index in [4.69, 9.17) is 5.73 Å². The molecule has 0 saturated carbocycles. The summed E-state index contributed by atoms with van der Waals surface area (Å²) in [5.74, 6) is -2.18. The molecule has 134 valence electrons. The number of halogens is 2. The zero-order valence-corrected chi connectivity index (χ0v) is 15.2. The predicted octanol–water partition coefficient (Wildman–Crippen LogP) is 5.71. The number of allylic oxidation sites excluding steroid dienone is 5. The van der Waals surface area contributed by atoms with Crippen molar-refractivity contribution in [3.63, 3.8) is 0 Å². The van der Waals surface area contributed by atoms with Crippen molar-refractivity contribution in [2.45, 2.75) is 47.0 Å². The van der Waals surface area contributed by atoms with Crippen molar-refractivity contribution in [2.75, 3.05) is 0 Å². The summed E-state index contributed by atoms with van der Waals surface area (Å²) < 4.78 is 28.7. The highest BCUT2D eigenvalue weighted by molar-refractivity contribution is 5.93. The van der Waals surface area contributed by atoms with E-state index in [0.29, 0.717) is 5.57 Å². The lowest BCUT2D eigenvalue weighted by molar-refractivity contribution is 0.1000. The molecule has 0 atom stereocenters. The van der Waals surface area contributed by atoms with E-state index in [0.717, 1.165) is 25.3 Å². The maximum Gasteiger partial charge on any atom is 0.248 e. The Labute approximate surface area is 148 Å². The van der Waals surface area contributed by atoms with Gasteiger partial charge in [0.25, 0.3) is 0 Å². The van der Waals surface area contributed by atoms with Gasteiger partial charge in [0.1, 0.15) is 11.6 Å². The van der Waals surface area contributed by atoms with Gasteiger partial charge in [-0.05, 0) is 67.9 Å². The second-order valence-corrected chi connectivity index (χ2v) is 7.32. The Morgan fingerprint density at radius 3 is 2.56 bits per heavy atom. The number of amides is 1. The number of primary amides is 1. The van der Waals surface area contributed by atoms with Crippen LogP contribution in [0.4, 0.5) is 8.78 Å². The van der Waals surface area contributed by atoms with Crippen molar-refractivity contribution in [1.29, 1.82) is 0 Å². The first kappa shape index (κ1) is 19.1. The lowest BCUT2D eigenvalue weighted by Crippen LogP contribution is -2.19. The Morgan fingerprint density at radius 1 is 1.32 bits per heavy atom. The summed E-state index contributed by atoms with van der Waals surface area (Å²) in [7, 11) is 0. The van der Waals surface area contributed by atoms with Gasteiger partial charge in [0.15, 0.2) is 0 Å². The van der Waals surface area contributed by atoms with Gasteiger partial charge in [0, 0.05) is 11.1 Å². The van der Waals surface area contributed by atoms with Crippen LogP contribution in [-0.2, 0) is 0 Å². The molecular weight excluding hydrogens is 320 g/mol. The molecule has 2 nitrogen and oxygen atoms in total. The Kier molecular flexibility index (Phi) is 5.61. The third-order valence-corrected chi connectivity index (χ3v) is 4.88. The van der Waals surface area contributed by atoms with E-state index in [-0.39, 0.29) is 16.5 Å². The second kappa shape index (κ2) is 7.34. The minimum absolute atomic E-state index is 0.0204. The molecular formula is C21H25F2NO. The van der Waals surface area contributed by atoms with Gasteiger partial charge in [0.2, 0.25) is 5.91 Å². The third-order valence-electron chi connectivity index (χ3n) is 4.88. The normalized spacial score (nSPS) is 18.5. The van der Waals surface area contributed by atoms with Crippen LogP contribution in [0.25, 0.3) is 5.83 Å². The smallest absolute Gasteiger partial charge is 0.248 e. The second-order valence-electron chi connectivity index (χ2n) is 7.32. The summed E-state index contributed by atoms with van der Waals surface area (Å²) in [6, 6.07) is 3.54. The van der Waals surface area contributed by atoms with Crippen LogP contribution in [0, 0.1) is 11.2 Å². The quantitative estimate of drug-likeness (QED) is 0.698. The largest absolute Gasteiger partial charge is 0.366 e. The van der Waals surface area contributed by atoms with Gasteiger partial charge in [-0.1, -0.05) is 31.6 Å². The zero-order valence-electron chi connectivity index (χ0n) is 15.2. The highest BCUT2D eigenvalue weighted by Crippen LogP contribution is 2.41. The molecule has 25 heavy (non-hydrogen) atoms. The standard InChI is InChI=1S/C21H25F2NO/c1-13-6-5-11-21(3,4)17(13)10-7-14(2)19(23)16-9-8-15(20(24)25)12-18(16)22/h7-10,12H,5-6,11H2,1-4H3,(H2,24,25)/b10-7+,19-14-. The molecule has 4 heteroatoms. The highest BCUT2D eigenvalue weighted by atomic mass is 19.1. The van der Waals surface area contributed by atoms with Crippen molar-refractivity contribution in [2.24, 2.45) is 11.1 Å². The van der Waals surface area contributed by atoms with E-state index >= 15 is 0 Å². The van der Waals surface area contributed by atoms with Gasteiger partial charge >= 0.3 is 0 Å². The molecule has 1 amide bonds. The molecule has 2 rings (SSSR count). The summed E-state index contributed by atoms with van der Waals surface area (Å²) in [4.78, 5) is 11.1. The van der Waals surface area contributed by atoms with Gasteiger partial charge < -0.3 is 5.73 Å². The van der Waals surface area contributed by atoms with Crippen LogP contribution in [0.3, 0.4) is 0 Å². The van der Waals surface area contributed by atoms with Crippen LogP contribution in [-0.4, -0.2) is 5.91 Å². The highest BCUT2D eigenvalue weighted by Gasteiger charge is 2.26. The lowest BCUT2D eigenvalue weighted by atomic mass is 9.72. The Hall–Kier alpha value is -2.23. The average molecular weight is 345 g/mol. The minimum Gasteiger partial charge on any atom is -0.366 e. The maximum absolute atomic E-state index is 14.6. The van der Waals surface area contributed by atoms with Crippen molar-refractivity contribution < 1.29 is 13.6 Å². The van der Waals surface area contributed by atoms with E-state index in [1.807, 2.05) is 6.08 Å². The number of hydrogen-bond acceptors (Lipinski definition) is 1. The molecule has 0 unspecified atom stereocenters. The van der Waals surface area contributed by atoms with Gasteiger partial charge in [-0.25, -0.2) is 8.78 Å². The number of hydrogen-bond donors (Lipinski definition) is 1. The van der Waals surface area contributed by atoms with E-state index in [1.54, 1.807) is 13.0 Å². The zero-order chi connectivity index (χ0) is 18.8. The Morgan fingerprint density at radius 2 is 2.00 bits per heavy atom. The van der Waals surface area contributed by atoms with Gasteiger partial charge in [-0.2, -0.15) is 0 Å². The number of benzene rings is 1.